The number of nitrogens with one attached hydrogen (secondary N) is 1. The van der Waals surface area contributed by atoms with E-state index in [2.05, 4.69) is 21.1 Å². The molecule has 214 valence electrons. The maximum Gasteiger partial charge on any atom is 0.435 e. The fourth-order valence-corrected chi connectivity index (χ4v) is 5.30. The van der Waals surface area contributed by atoms with Crippen molar-refractivity contribution in [1.29, 1.82) is 5.26 Å². The van der Waals surface area contributed by atoms with E-state index < -0.39 is 11.7 Å². The molecule has 1 saturated carbocycles. The van der Waals surface area contributed by atoms with E-state index in [4.69, 9.17) is 24.7 Å². The molecule has 0 saturated heterocycles. The van der Waals surface area contributed by atoms with Crippen molar-refractivity contribution in [3.63, 3.8) is 0 Å². The highest BCUT2D eigenvalue weighted by molar-refractivity contribution is 5.76. The van der Waals surface area contributed by atoms with Gasteiger partial charge >= 0.3 is 6.09 Å². The average molecular weight is 556 g/mol. The number of aromatic nitrogens is 5. The Morgan fingerprint density at radius 1 is 1.05 bits per heavy atom. The van der Waals surface area contributed by atoms with Crippen molar-refractivity contribution in [3.05, 3.63) is 65.6 Å². The van der Waals surface area contributed by atoms with Crippen LogP contribution in [0.15, 0.2) is 48.5 Å². The Labute approximate surface area is 240 Å². The molecule has 0 atom stereocenters. The molecule has 0 radical (unpaired) electrons. The van der Waals surface area contributed by atoms with Gasteiger partial charge in [-0.2, -0.15) is 9.94 Å². The largest absolute Gasteiger partial charge is 0.442 e. The molecule has 10 heteroatoms. The molecule has 0 spiro atoms. The highest BCUT2D eigenvalue weighted by Gasteiger charge is 2.27. The zero-order valence-corrected chi connectivity index (χ0v) is 24.1. The molecule has 5 rings (SSSR count). The normalized spacial score (nSPS) is 17.3. The number of fused-ring (bicyclic) bond motifs is 1. The van der Waals surface area contributed by atoms with Crippen LogP contribution in [0.3, 0.4) is 0 Å². The number of carbonyl (C=O) groups is 1. The van der Waals surface area contributed by atoms with Gasteiger partial charge in [-0.3, -0.25) is 0 Å². The van der Waals surface area contributed by atoms with Crippen LogP contribution in [0.4, 0.5) is 16.4 Å². The van der Waals surface area contributed by atoms with Crippen LogP contribution in [-0.2, 0) is 22.7 Å². The fraction of sp³-hybridized carbons (Fsp3) is 0.452. The number of carbonyl (C=O) groups excluding carboxylic acids is 1. The molecule has 1 N–H and O–H groups in total. The zero-order chi connectivity index (χ0) is 29.0. The van der Waals surface area contributed by atoms with Crippen LogP contribution >= 0.6 is 0 Å². The minimum atomic E-state index is -0.621. The average Bonchev–Trinajstić information content (AvgIpc) is 3.48. The quantitative estimate of drug-likeness (QED) is 0.251. The Morgan fingerprint density at radius 2 is 1.80 bits per heavy atom. The molecular formula is C31H37N7O3. The van der Waals surface area contributed by atoms with E-state index in [9.17, 15) is 4.79 Å². The van der Waals surface area contributed by atoms with Crippen molar-refractivity contribution in [2.24, 2.45) is 5.92 Å². The molecule has 4 aromatic rings. The summed E-state index contributed by atoms with van der Waals surface area (Å²) >= 11 is 0. The number of hydrogen-bond donors (Lipinski definition) is 1. The van der Waals surface area contributed by atoms with E-state index in [1.54, 1.807) is 13.0 Å². The highest BCUT2D eigenvalue weighted by atomic mass is 16.6. The molecule has 0 amide bonds. The third-order valence-corrected chi connectivity index (χ3v) is 7.22. The van der Waals surface area contributed by atoms with Gasteiger partial charge in [-0.1, -0.05) is 30.3 Å². The number of ether oxygens (including phenoxy) is 2. The number of nitriles is 1. The predicted octanol–water partition coefficient (Wildman–Crippen LogP) is 6.82. The van der Waals surface area contributed by atoms with Crippen molar-refractivity contribution in [3.8, 4) is 6.07 Å². The second-order valence-electron chi connectivity index (χ2n) is 11.6. The van der Waals surface area contributed by atoms with Crippen LogP contribution < -0.4 is 5.32 Å². The molecule has 10 nitrogen and oxygen atoms in total. The number of benzene rings is 1. The van der Waals surface area contributed by atoms with Gasteiger partial charge in [-0.15, -0.1) is 5.10 Å². The summed E-state index contributed by atoms with van der Waals surface area (Å²) in [5, 5.41) is 16.8. The van der Waals surface area contributed by atoms with Crippen molar-refractivity contribution in [1.82, 2.24) is 24.3 Å². The second-order valence-corrected chi connectivity index (χ2v) is 11.6. The van der Waals surface area contributed by atoms with Gasteiger partial charge in [-0.25, -0.2) is 14.8 Å². The molecule has 3 heterocycles. The van der Waals surface area contributed by atoms with Crippen LogP contribution in [-0.4, -0.2) is 36.0 Å². The fourth-order valence-electron chi connectivity index (χ4n) is 5.30. The lowest BCUT2D eigenvalue weighted by atomic mass is 9.84. The van der Waals surface area contributed by atoms with Crippen LogP contribution in [0.5, 0.6) is 0 Å². The number of rotatable bonds is 8. The first-order valence-electron chi connectivity index (χ1n) is 14.1. The third-order valence-electron chi connectivity index (χ3n) is 7.22. The van der Waals surface area contributed by atoms with Gasteiger partial charge in [0.1, 0.15) is 29.4 Å². The monoisotopic (exact) mass is 555 g/mol. The highest BCUT2D eigenvalue weighted by Crippen LogP contribution is 2.36. The summed E-state index contributed by atoms with van der Waals surface area (Å²) in [5.41, 5.74) is 2.71. The molecular weight excluding hydrogens is 518 g/mol. The lowest BCUT2D eigenvalue weighted by Gasteiger charge is -2.29. The summed E-state index contributed by atoms with van der Waals surface area (Å²) in [4.78, 5) is 22.4. The summed E-state index contributed by atoms with van der Waals surface area (Å²) < 4.78 is 15.0. The SMILES string of the molecule is Cc1cc(Nc2ccc3nc(COCc4ccccc4)n(C4CCC(CC#N)CC4)c3n2)nn1C(=O)OC(C)(C)C. The van der Waals surface area contributed by atoms with E-state index in [-0.39, 0.29) is 6.04 Å². The summed E-state index contributed by atoms with van der Waals surface area (Å²) in [6.07, 6.45) is 4.00. The van der Waals surface area contributed by atoms with Crippen molar-refractivity contribution >= 4 is 28.9 Å². The first-order chi connectivity index (χ1) is 19.7. The molecule has 1 aliphatic rings. The van der Waals surface area contributed by atoms with Crippen molar-refractivity contribution in [2.75, 3.05) is 5.32 Å². The second kappa shape index (κ2) is 12.1. The summed E-state index contributed by atoms with van der Waals surface area (Å²) in [6, 6.07) is 18.2. The number of pyridine rings is 1. The lowest BCUT2D eigenvalue weighted by molar-refractivity contribution is 0.0511. The van der Waals surface area contributed by atoms with E-state index in [0.29, 0.717) is 42.9 Å². The number of aryl methyl sites for hydroxylation is 1. The summed E-state index contributed by atoms with van der Waals surface area (Å²) in [5.74, 6) is 2.38. The Bertz CT molecular complexity index is 1540. The van der Waals surface area contributed by atoms with Gasteiger partial charge in [-0.05, 0) is 77.0 Å². The Kier molecular flexibility index (Phi) is 8.36. The minimum absolute atomic E-state index is 0.224. The number of hydrogen-bond acceptors (Lipinski definition) is 8. The lowest BCUT2D eigenvalue weighted by Crippen LogP contribution is -2.28. The Balaban J connectivity index is 1.40. The van der Waals surface area contributed by atoms with E-state index in [1.165, 1.54) is 4.68 Å². The standard InChI is InChI=1S/C31H37N7O3/c1-21-18-27(36-38(21)30(39)41-31(2,3)4)34-26-15-14-25-29(35-26)37(24-12-10-22(11-13-24)16-17-32)28(33-25)20-40-19-23-8-6-5-7-9-23/h5-9,14-15,18,22,24H,10-13,16,19-20H2,1-4H3,(H,34,35,36). The number of nitrogens with zero attached hydrogens (tertiary/aromatic N) is 6. The molecule has 1 fully saturated rings. The van der Waals surface area contributed by atoms with Crippen molar-refractivity contribution in [2.45, 2.75) is 84.7 Å². The smallest absolute Gasteiger partial charge is 0.435 e. The molecule has 3 aromatic heterocycles. The molecule has 1 aliphatic carbocycles. The molecule has 0 bridgehead atoms. The number of anilines is 2. The zero-order valence-electron chi connectivity index (χ0n) is 24.1. The van der Waals surface area contributed by atoms with E-state index in [0.717, 1.165) is 48.2 Å². The minimum Gasteiger partial charge on any atom is -0.442 e. The van der Waals surface area contributed by atoms with Crippen LogP contribution in [0.2, 0.25) is 0 Å². The van der Waals surface area contributed by atoms with Gasteiger partial charge in [0, 0.05) is 24.2 Å². The third kappa shape index (κ3) is 6.92. The van der Waals surface area contributed by atoms with Gasteiger partial charge in [0.05, 0.1) is 12.7 Å². The van der Waals surface area contributed by atoms with Crippen LogP contribution in [0, 0.1) is 24.2 Å². The van der Waals surface area contributed by atoms with Crippen molar-refractivity contribution < 1.29 is 14.3 Å². The maximum absolute atomic E-state index is 12.6. The summed E-state index contributed by atoms with van der Waals surface area (Å²) in [6.45, 7) is 8.13. The van der Waals surface area contributed by atoms with E-state index >= 15 is 0 Å². The van der Waals surface area contributed by atoms with E-state index in [1.807, 2.05) is 63.2 Å². The predicted molar refractivity (Wildman–Crippen MR) is 156 cm³/mol. The Hall–Kier alpha value is -4.23. The first-order valence-corrected chi connectivity index (χ1v) is 14.1. The van der Waals surface area contributed by atoms with Crippen LogP contribution in [0.1, 0.15) is 76.0 Å². The molecule has 0 unspecified atom stereocenters. The molecule has 41 heavy (non-hydrogen) atoms. The topological polar surface area (TPSA) is 120 Å². The maximum atomic E-state index is 12.6. The Morgan fingerprint density at radius 3 is 2.51 bits per heavy atom. The van der Waals surface area contributed by atoms with Gasteiger partial charge in [0.25, 0.3) is 0 Å². The first kappa shape index (κ1) is 28.3. The summed E-state index contributed by atoms with van der Waals surface area (Å²) in [7, 11) is 0. The molecule has 1 aromatic carbocycles. The molecule has 0 aliphatic heterocycles. The van der Waals surface area contributed by atoms with Gasteiger partial charge in [0.15, 0.2) is 11.5 Å². The van der Waals surface area contributed by atoms with Gasteiger partial charge in [0.2, 0.25) is 0 Å². The van der Waals surface area contributed by atoms with Gasteiger partial charge < -0.3 is 19.4 Å². The number of imidazole rings is 1. The van der Waals surface area contributed by atoms with Crippen LogP contribution in [0.25, 0.3) is 11.2 Å².